The zero-order valence-corrected chi connectivity index (χ0v) is 11.1. The van der Waals surface area contributed by atoms with E-state index in [1.807, 2.05) is 0 Å². The van der Waals surface area contributed by atoms with E-state index in [1.54, 1.807) is 18.2 Å². The average molecular weight is 260 g/mol. The molecule has 16 heavy (non-hydrogen) atoms. The van der Waals surface area contributed by atoms with Crippen LogP contribution >= 0.6 is 11.6 Å². The molecule has 1 rings (SSSR count). The van der Waals surface area contributed by atoms with Crippen LogP contribution in [-0.2, 0) is 10.8 Å². The normalized spacial score (nSPS) is 12.6. The van der Waals surface area contributed by atoms with Gasteiger partial charge in [0.15, 0.2) is 0 Å². The van der Waals surface area contributed by atoms with Crippen molar-refractivity contribution in [3.05, 3.63) is 23.2 Å². The fraction of sp³-hybridized carbons (Fsp3) is 0.500. The average Bonchev–Trinajstić information content (AvgIpc) is 2.24. The van der Waals surface area contributed by atoms with Gasteiger partial charge in [-0.15, -0.1) is 0 Å². The molecule has 0 heterocycles. The number of hydrogen-bond acceptors (Lipinski definition) is 2. The summed E-state index contributed by atoms with van der Waals surface area (Å²) in [5, 5.41) is 0.508. The Balaban J connectivity index is 2.53. The molecule has 0 saturated heterocycles. The summed E-state index contributed by atoms with van der Waals surface area (Å²) >= 11 is 5.99. The lowest BCUT2D eigenvalue weighted by Crippen LogP contribution is -1.99. The summed E-state index contributed by atoms with van der Waals surface area (Å²) in [6.45, 7) is 2.16. The number of benzene rings is 1. The van der Waals surface area contributed by atoms with E-state index >= 15 is 0 Å². The second kappa shape index (κ2) is 6.92. The Morgan fingerprint density at radius 1 is 1.31 bits per heavy atom. The fourth-order valence-corrected chi connectivity index (χ4v) is 3.10. The third-order valence-corrected chi connectivity index (χ3v) is 4.32. The minimum absolute atomic E-state index is 0.508. The lowest BCUT2D eigenvalue weighted by molar-refractivity contribution is 0.668. The summed E-state index contributed by atoms with van der Waals surface area (Å²) in [5.41, 5.74) is 6.19. The Kier molecular flexibility index (Phi) is 5.85. The lowest BCUT2D eigenvalue weighted by Gasteiger charge is -2.05. The van der Waals surface area contributed by atoms with E-state index in [0.29, 0.717) is 21.4 Å². The number of unbranched alkanes of at least 4 members (excludes halogenated alkanes) is 3. The van der Waals surface area contributed by atoms with Crippen LogP contribution in [0.3, 0.4) is 0 Å². The highest BCUT2D eigenvalue weighted by atomic mass is 35.5. The summed E-state index contributed by atoms with van der Waals surface area (Å²) < 4.78 is 11.9. The molecule has 0 fully saturated rings. The molecule has 0 saturated carbocycles. The molecule has 0 bridgehead atoms. The molecule has 0 aliphatic rings. The van der Waals surface area contributed by atoms with Crippen LogP contribution in [0.4, 0.5) is 5.69 Å². The third kappa shape index (κ3) is 4.14. The number of halogens is 1. The molecular formula is C12H18ClNOS. The van der Waals surface area contributed by atoms with Crippen molar-refractivity contribution in [2.45, 2.75) is 37.5 Å². The molecule has 1 aromatic carbocycles. The molecule has 0 aliphatic heterocycles. The number of anilines is 1. The zero-order valence-electron chi connectivity index (χ0n) is 9.54. The summed E-state index contributed by atoms with van der Waals surface area (Å²) in [6, 6.07) is 5.15. The van der Waals surface area contributed by atoms with Gasteiger partial charge in [0.2, 0.25) is 0 Å². The van der Waals surface area contributed by atoms with Gasteiger partial charge in [-0.3, -0.25) is 4.21 Å². The van der Waals surface area contributed by atoms with Gasteiger partial charge >= 0.3 is 0 Å². The smallest absolute Gasteiger partial charge is 0.0587 e. The Bertz CT molecular complexity index is 368. The van der Waals surface area contributed by atoms with Crippen LogP contribution in [-0.4, -0.2) is 9.96 Å². The maximum absolute atomic E-state index is 11.9. The largest absolute Gasteiger partial charge is 0.399 e. The topological polar surface area (TPSA) is 43.1 Å². The first-order valence-corrected chi connectivity index (χ1v) is 7.28. The van der Waals surface area contributed by atoms with Gasteiger partial charge in [-0.1, -0.05) is 37.8 Å². The highest BCUT2D eigenvalue weighted by Gasteiger charge is 2.08. The van der Waals surface area contributed by atoms with Crippen LogP contribution in [0.5, 0.6) is 0 Å². The molecule has 2 N–H and O–H groups in total. The van der Waals surface area contributed by atoms with E-state index < -0.39 is 10.8 Å². The molecule has 0 spiro atoms. The molecule has 0 amide bonds. The molecule has 0 aromatic heterocycles. The van der Waals surface area contributed by atoms with E-state index in [-0.39, 0.29) is 0 Å². The van der Waals surface area contributed by atoms with Crippen LogP contribution in [0.25, 0.3) is 0 Å². The summed E-state index contributed by atoms with van der Waals surface area (Å²) in [5.74, 6) is 0.684. The Morgan fingerprint density at radius 2 is 2.06 bits per heavy atom. The summed E-state index contributed by atoms with van der Waals surface area (Å²) in [7, 11) is -0.994. The molecule has 2 nitrogen and oxygen atoms in total. The van der Waals surface area contributed by atoms with Crippen molar-refractivity contribution in [3.8, 4) is 0 Å². The molecule has 4 heteroatoms. The van der Waals surface area contributed by atoms with Gasteiger partial charge in [-0.2, -0.15) is 0 Å². The number of rotatable bonds is 6. The van der Waals surface area contributed by atoms with Gasteiger partial charge in [0.05, 0.1) is 20.7 Å². The predicted octanol–water partition coefficient (Wildman–Crippen LogP) is 3.61. The second-order valence-electron chi connectivity index (χ2n) is 3.80. The quantitative estimate of drug-likeness (QED) is 0.626. The highest BCUT2D eigenvalue weighted by molar-refractivity contribution is 7.85. The maximum atomic E-state index is 11.9. The fourth-order valence-electron chi connectivity index (χ4n) is 1.47. The minimum atomic E-state index is -0.994. The van der Waals surface area contributed by atoms with Gasteiger partial charge in [0, 0.05) is 11.4 Å². The van der Waals surface area contributed by atoms with Crippen LogP contribution in [0.15, 0.2) is 23.1 Å². The lowest BCUT2D eigenvalue weighted by atomic mass is 10.2. The first-order valence-electron chi connectivity index (χ1n) is 5.58. The van der Waals surface area contributed by atoms with Gasteiger partial charge in [-0.25, -0.2) is 0 Å². The Morgan fingerprint density at radius 3 is 2.69 bits per heavy atom. The van der Waals surface area contributed by atoms with Crippen molar-refractivity contribution in [2.24, 2.45) is 0 Å². The number of hydrogen-bond donors (Lipinski definition) is 1. The minimum Gasteiger partial charge on any atom is -0.399 e. The predicted molar refractivity (Wildman–Crippen MR) is 71.3 cm³/mol. The molecule has 0 aliphatic carbocycles. The molecule has 1 atom stereocenters. The van der Waals surface area contributed by atoms with E-state index in [0.717, 1.165) is 12.8 Å². The van der Waals surface area contributed by atoms with Crippen LogP contribution in [0.1, 0.15) is 32.6 Å². The van der Waals surface area contributed by atoms with Gasteiger partial charge < -0.3 is 5.73 Å². The molecule has 1 aromatic rings. The van der Waals surface area contributed by atoms with Crippen molar-refractivity contribution < 1.29 is 4.21 Å². The van der Waals surface area contributed by atoms with Gasteiger partial charge in [0.25, 0.3) is 0 Å². The van der Waals surface area contributed by atoms with Crippen molar-refractivity contribution in [1.82, 2.24) is 0 Å². The molecule has 0 radical (unpaired) electrons. The van der Waals surface area contributed by atoms with Crippen molar-refractivity contribution >= 4 is 28.1 Å². The second-order valence-corrected chi connectivity index (χ2v) is 5.75. The van der Waals surface area contributed by atoms with Gasteiger partial charge in [0.1, 0.15) is 0 Å². The molecule has 90 valence electrons. The van der Waals surface area contributed by atoms with Gasteiger partial charge in [-0.05, 0) is 24.6 Å². The Hall–Kier alpha value is -0.540. The zero-order chi connectivity index (χ0) is 12.0. The highest BCUT2D eigenvalue weighted by Crippen LogP contribution is 2.23. The van der Waals surface area contributed by atoms with Crippen LogP contribution in [0.2, 0.25) is 5.02 Å². The third-order valence-electron chi connectivity index (χ3n) is 2.38. The summed E-state index contributed by atoms with van der Waals surface area (Å²) in [6.07, 6.45) is 4.51. The van der Waals surface area contributed by atoms with E-state index in [4.69, 9.17) is 17.3 Å². The Labute approximate surface area is 105 Å². The van der Waals surface area contributed by atoms with Crippen LogP contribution in [0, 0.1) is 0 Å². The van der Waals surface area contributed by atoms with Crippen molar-refractivity contribution in [1.29, 1.82) is 0 Å². The summed E-state index contributed by atoms with van der Waals surface area (Å²) in [4.78, 5) is 0.701. The van der Waals surface area contributed by atoms with Crippen molar-refractivity contribution in [2.75, 3.05) is 11.5 Å². The first-order chi connectivity index (χ1) is 7.65. The molecule has 1 unspecified atom stereocenters. The van der Waals surface area contributed by atoms with E-state index in [2.05, 4.69) is 6.92 Å². The SMILES string of the molecule is CCCCCCS(=O)c1ccc(N)cc1Cl. The first kappa shape index (κ1) is 13.5. The van der Waals surface area contributed by atoms with Crippen molar-refractivity contribution in [3.63, 3.8) is 0 Å². The van der Waals surface area contributed by atoms with E-state index in [1.165, 1.54) is 12.8 Å². The van der Waals surface area contributed by atoms with E-state index in [9.17, 15) is 4.21 Å². The maximum Gasteiger partial charge on any atom is 0.0587 e. The molecular weight excluding hydrogens is 242 g/mol. The standard InChI is InChI=1S/C12H18ClNOS/c1-2-3-4-5-8-16(15)12-7-6-10(14)9-11(12)13/h6-7,9H,2-5,8,14H2,1H3. The monoisotopic (exact) mass is 259 g/mol. The number of nitrogens with two attached hydrogens (primary N) is 1. The van der Waals surface area contributed by atoms with Crippen LogP contribution < -0.4 is 5.73 Å². The number of nitrogen functional groups attached to an aromatic ring is 1.